The fraction of sp³-hybridized carbons (Fsp3) is 0.571. The summed E-state index contributed by atoms with van der Waals surface area (Å²) in [7, 11) is 0. The van der Waals surface area contributed by atoms with Crippen molar-refractivity contribution in [1.82, 2.24) is 0 Å². The minimum absolute atomic E-state index is 0.337. The highest BCUT2D eigenvalue weighted by molar-refractivity contribution is 6.31. The average molecular weight is 257 g/mol. The highest BCUT2D eigenvalue weighted by atomic mass is 35.5. The van der Waals surface area contributed by atoms with Gasteiger partial charge in [0.05, 0.1) is 5.60 Å². The van der Waals surface area contributed by atoms with E-state index in [0.29, 0.717) is 29.3 Å². The summed E-state index contributed by atoms with van der Waals surface area (Å²) >= 11 is 6.08. The summed E-state index contributed by atoms with van der Waals surface area (Å²) in [6.45, 7) is 2.13. The Balaban J connectivity index is 2.33. The highest BCUT2D eigenvalue weighted by Gasteiger charge is 2.36. The molecular weight excluding hydrogens is 239 g/mol. The summed E-state index contributed by atoms with van der Waals surface area (Å²) in [6, 6.07) is 4.23. The van der Waals surface area contributed by atoms with Crippen LogP contribution in [-0.2, 0) is 5.60 Å². The second-order valence-corrected chi connectivity index (χ2v) is 5.43. The first-order chi connectivity index (χ1) is 8.05. The van der Waals surface area contributed by atoms with Crippen LogP contribution in [0.5, 0.6) is 0 Å². The van der Waals surface area contributed by atoms with Crippen LogP contribution in [0.15, 0.2) is 18.2 Å². The van der Waals surface area contributed by atoms with Gasteiger partial charge in [-0.1, -0.05) is 31.4 Å². The zero-order valence-electron chi connectivity index (χ0n) is 10.0. The first-order valence-corrected chi connectivity index (χ1v) is 6.61. The van der Waals surface area contributed by atoms with Gasteiger partial charge in [-0.2, -0.15) is 0 Å². The Morgan fingerprint density at radius 2 is 2.29 bits per heavy atom. The van der Waals surface area contributed by atoms with Gasteiger partial charge in [-0.3, -0.25) is 0 Å². The Morgan fingerprint density at radius 3 is 3.00 bits per heavy atom. The monoisotopic (exact) mass is 256 g/mol. The quantitative estimate of drug-likeness (QED) is 0.838. The summed E-state index contributed by atoms with van der Waals surface area (Å²) in [4.78, 5) is 0. The van der Waals surface area contributed by atoms with E-state index >= 15 is 0 Å². The summed E-state index contributed by atoms with van der Waals surface area (Å²) in [5.41, 5.74) is -0.393. The van der Waals surface area contributed by atoms with Crippen molar-refractivity contribution >= 4 is 11.6 Å². The zero-order valence-corrected chi connectivity index (χ0v) is 10.8. The fourth-order valence-electron chi connectivity index (χ4n) is 2.81. The first-order valence-electron chi connectivity index (χ1n) is 6.23. The summed E-state index contributed by atoms with van der Waals surface area (Å²) < 4.78 is 13.3. The molecule has 0 saturated heterocycles. The van der Waals surface area contributed by atoms with E-state index < -0.39 is 5.60 Å². The van der Waals surface area contributed by atoms with Crippen molar-refractivity contribution in [2.45, 2.75) is 44.6 Å². The van der Waals surface area contributed by atoms with Crippen LogP contribution in [0.4, 0.5) is 4.39 Å². The molecule has 0 radical (unpaired) electrons. The Morgan fingerprint density at radius 1 is 1.53 bits per heavy atom. The fourth-order valence-corrected chi connectivity index (χ4v) is 3.11. The van der Waals surface area contributed by atoms with Crippen LogP contribution in [0.1, 0.15) is 44.6 Å². The van der Waals surface area contributed by atoms with Gasteiger partial charge in [0, 0.05) is 10.6 Å². The minimum atomic E-state index is -0.946. The second kappa shape index (κ2) is 4.95. The molecule has 1 aromatic carbocycles. The predicted molar refractivity (Wildman–Crippen MR) is 67.6 cm³/mol. The molecule has 0 aliphatic heterocycles. The van der Waals surface area contributed by atoms with E-state index in [1.807, 2.05) is 0 Å². The van der Waals surface area contributed by atoms with Crippen molar-refractivity contribution < 1.29 is 9.50 Å². The maximum absolute atomic E-state index is 13.3. The molecule has 1 fully saturated rings. The topological polar surface area (TPSA) is 20.2 Å². The van der Waals surface area contributed by atoms with Crippen molar-refractivity contribution in [3.05, 3.63) is 34.6 Å². The van der Waals surface area contributed by atoms with Crippen LogP contribution in [0.3, 0.4) is 0 Å². The molecular formula is C14H18ClFO. The molecule has 1 aromatic rings. The third-order valence-electron chi connectivity index (χ3n) is 3.84. The summed E-state index contributed by atoms with van der Waals surface area (Å²) in [5, 5.41) is 11.2. The predicted octanol–water partition coefficient (Wildman–Crippen LogP) is 4.27. The molecule has 0 bridgehead atoms. The molecule has 0 spiro atoms. The first kappa shape index (κ1) is 12.8. The molecule has 2 rings (SSSR count). The highest BCUT2D eigenvalue weighted by Crippen LogP contribution is 2.43. The molecule has 0 heterocycles. The van der Waals surface area contributed by atoms with E-state index in [1.165, 1.54) is 18.2 Å². The van der Waals surface area contributed by atoms with Crippen LogP contribution in [0.25, 0.3) is 0 Å². The third kappa shape index (κ3) is 2.63. The van der Waals surface area contributed by atoms with Gasteiger partial charge in [0.2, 0.25) is 0 Å². The molecule has 0 amide bonds. The van der Waals surface area contributed by atoms with Gasteiger partial charge in [0.25, 0.3) is 0 Å². The van der Waals surface area contributed by atoms with Crippen LogP contribution in [0, 0.1) is 11.7 Å². The van der Waals surface area contributed by atoms with Crippen LogP contribution < -0.4 is 0 Å². The molecule has 1 nitrogen and oxygen atoms in total. The molecule has 2 unspecified atom stereocenters. The van der Waals surface area contributed by atoms with E-state index in [9.17, 15) is 9.50 Å². The van der Waals surface area contributed by atoms with Crippen LogP contribution in [0.2, 0.25) is 5.02 Å². The molecule has 1 aliphatic carbocycles. The van der Waals surface area contributed by atoms with Gasteiger partial charge < -0.3 is 5.11 Å². The normalized spacial score (nSPS) is 29.3. The summed E-state index contributed by atoms with van der Waals surface area (Å²) in [5.74, 6) is 0.171. The van der Waals surface area contributed by atoms with Crippen molar-refractivity contribution in [1.29, 1.82) is 0 Å². The van der Waals surface area contributed by atoms with Crippen molar-refractivity contribution in [2.24, 2.45) is 5.92 Å². The number of aliphatic hydroxyl groups is 1. The summed E-state index contributed by atoms with van der Waals surface area (Å²) in [6.07, 6.45) is 4.53. The van der Waals surface area contributed by atoms with E-state index in [-0.39, 0.29) is 5.82 Å². The van der Waals surface area contributed by atoms with Gasteiger partial charge >= 0.3 is 0 Å². The SMILES string of the molecule is CCC1CCCC(O)(c2cc(F)ccc2Cl)C1. The minimum Gasteiger partial charge on any atom is -0.385 e. The second-order valence-electron chi connectivity index (χ2n) is 5.03. The lowest BCUT2D eigenvalue weighted by atomic mass is 9.73. The lowest BCUT2D eigenvalue weighted by molar-refractivity contribution is -0.0218. The Hall–Kier alpha value is -0.600. The Labute approximate surface area is 107 Å². The lowest BCUT2D eigenvalue weighted by Gasteiger charge is -2.37. The maximum atomic E-state index is 13.3. The molecule has 17 heavy (non-hydrogen) atoms. The number of rotatable bonds is 2. The van der Waals surface area contributed by atoms with E-state index in [2.05, 4.69) is 6.92 Å². The molecule has 3 heteroatoms. The number of hydrogen-bond acceptors (Lipinski definition) is 1. The van der Waals surface area contributed by atoms with Crippen LogP contribution in [-0.4, -0.2) is 5.11 Å². The van der Waals surface area contributed by atoms with E-state index in [0.717, 1.165) is 19.3 Å². The molecule has 1 N–H and O–H groups in total. The van der Waals surface area contributed by atoms with Gasteiger partial charge in [0.1, 0.15) is 5.82 Å². The van der Waals surface area contributed by atoms with E-state index in [1.54, 1.807) is 0 Å². The average Bonchev–Trinajstić information content (AvgIpc) is 2.32. The lowest BCUT2D eigenvalue weighted by Crippen LogP contribution is -2.33. The number of benzene rings is 1. The van der Waals surface area contributed by atoms with Crippen molar-refractivity contribution in [3.63, 3.8) is 0 Å². The smallest absolute Gasteiger partial charge is 0.123 e. The van der Waals surface area contributed by atoms with E-state index in [4.69, 9.17) is 11.6 Å². The number of halogens is 2. The van der Waals surface area contributed by atoms with Gasteiger partial charge in [0.15, 0.2) is 0 Å². The van der Waals surface area contributed by atoms with Gasteiger partial charge in [-0.25, -0.2) is 4.39 Å². The Bertz CT molecular complexity index is 407. The van der Waals surface area contributed by atoms with Crippen molar-refractivity contribution in [3.8, 4) is 0 Å². The zero-order chi connectivity index (χ0) is 12.5. The van der Waals surface area contributed by atoms with Gasteiger partial charge in [-0.05, 0) is 43.4 Å². The molecule has 1 aliphatic rings. The van der Waals surface area contributed by atoms with Crippen molar-refractivity contribution in [2.75, 3.05) is 0 Å². The standard InChI is InChI=1S/C14H18ClFO/c1-2-10-4-3-7-14(17,9-10)12-8-11(16)5-6-13(12)15/h5-6,8,10,17H,2-4,7,9H2,1H3. The van der Waals surface area contributed by atoms with Crippen LogP contribution >= 0.6 is 11.6 Å². The molecule has 0 aromatic heterocycles. The molecule has 94 valence electrons. The number of hydrogen-bond donors (Lipinski definition) is 1. The maximum Gasteiger partial charge on any atom is 0.123 e. The Kier molecular flexibility index (Phi) is 3.74. The largest absolute Gasteiger partial charge is 0.385 e. The molecule has 2 atom stereocenters. The third-order valence-corrected chi connectivity index (χ3v) is 4.17. The van der Waals surface area contributed by atoms with Gasteiger partial charge in [-0.15, -0.1) is 0 Å². The molecule has 1 saturated carbocycles.